The van der Waals surface area contributed by atoms with Crippen molar-refractivity contribution in [2.24, 2.45) is 5.92 Å². The van der Waals surface area contributed by atoms with Crippen LogP contribution in [0.1, 0.15) is 239 Å². The molecule has 0 radical (unpaired) electrons. The van der Waals surface area contributed by atoms with E-state index in [2.05, 4.69) is 13.8 Å². The van der Waals surface area contributed by atoms with Crippen molar-refractivity contribution in [3.8, 4) is 0 Å². The van der Waals surface area contributed by atoms with E-state index in [1.165, 1.54) is 141 Å². The van der Waals surface area contributed by atoms with Crippen LogP contribution in [0.3, 0.4) is 0 Å². The number of hydrogen-bond acceptors (Lipinski definition) is 4. The summed E-state index contributed by atoms with van der Waals surface area (Å²) < 4.78 is 33.1. The quantitative estimate of drug-likeness (QED) is 0.0426. The molecule has 0 aliphatic heterocycles. The third-order valence-electron chi connectivity index (χ3n) is 10.7. The number of rotatable bonds is 39. The molecule has 0 aromatic rings. The van der Waals surface area contributed by atoms with Crippen molar-refractivity contribution >= 4 is 22.1 Å². The fraction of sp³-hybridized carbons (Fsp3) is 0.951. The summed E-state index contributed by atoms with van der Waals surface area (Å²) in [6.07, 6.45) is 36.8. The Balaban J connectivity index is 4.40. The summed E-state index contributed by atoms with van der Waals surface area (Å²) >= 11 is 0. The average molecular weight is 717 g/mol. The van der Waals surface area contributed by atoms with E-state index >= 15 is 0 Å². The predicted octanol–water partition coefficient (Wildman–Crippen LogP) is 13.1. The lowest BCUT2D eigenvalue weighted by atomic mass is 9.80. The van der Waals surface area contributed by atoms with E-state index in [-0.39, 0.29) is 12.8 Å². The van der Waals surface area contributed by atoms with Crippen molar-refractivity contribution in [2.45, 2.75) is 243 Å². The molecule has 0 aliphatic rings. The number of carboxylic acids is 2. The summed E-state index contributed by atoms with van der Waals surface area (Å²) in [5, 5.41) is 19.7. The van der Waals surface area contributed by atoms with Gasteiger partial charge in [0.25, 0.3) is 10.1 Å². The second kappa shape index (κ2) is 32.7. The summed E-state index contributed by atoms with van der Waals surface area (Å²) in [5.74, 6) is -4.03. The summed E-state index contributed by atoms with van der Waals surface area (Å²) in [6.45, 7) is 4.50. The molecular weight excluding hydrogens is 637 g/mol. The van der Waals surface area contributed by atoms with E-state index in [9.17, 15) is 32.8 Å². The zero-order valence-corrected chi connectivity index (χ0v) is 33.0. The summed E-state index contributed by atoms with van der Waals surface area (Å²) in [4.78, 5) is 24.3. The Bertz CT molecular complexity index is 875. The normalized spacial score (nSPS) is 13.8. The monoisotopic (exact) mass is 717 g/mol. The predicted molar refractivity (Wildman–Crippen MR) is 206 cm³/mol. The van der Waals surface area contributed by atoms with E-state index < -0.39 is 39.1 Å². The molecule has 0 aromatic carbocycles. The topological polar surface area (TPSA) is 129 Å². The van der Waals surface area contributed by atoms with Gasteiger partial charge in [0, 0.05) is 5.92 Å². The van der Waals surface area contributed by atoms with Gasteiger partial charge in [0.15, 0.2) is 4.75 Å². The highest BCUT2D eigenvalue weighted by molar-refractivity contribution is 7.88. The number of carbonyl (C=O) groups is 2. The van der Waals surface area contributed by atoms with Crippen molar-refractivity contribution in [3.63, 3.8) is 0 Å². The van der Waals surface area contributed by atoms with Crippen molar-refractivity contribution in [2.75, 3.05) is 0 Å². The molecule has 0 bridgehead atoms. The minimum absolute atomic E-state index is 0.162. The first-order valence-corrected chi connectivity index (χ1v) is 22.5. The molecule has 0 rings (SSSR count). The minimum atomic E-state index is -5.03. The maximum absolute atomic E-state index is 12.7. The Labute approximate surface area is 303 Å². The zero-order chi connectivity index (χ0) is 36.5. The van der Waals surface area contributed by atoms with Crippen LogP contribution in [0, 0.1) is 5.92 Å². The number of unbranched alkanes of at least 4 members (excludes halogenated alkanes) is 30. The van der Waals surface area contributed by atoms with Crippen molar-refractivity contribution in [1.82, 2.24) is 0 Å². The van der Waals surface area contributed by atoms with Gasteiger partial charge in [-0.1, -0.05) is 219 Å². The van der Waals surface area contributed by atoms with Crippen LogP contribution in [0.5, 0.6) is 0 Å². The molecule has 7 nitrogen and oxygen atoms in total. The largest absolute Gasteiger partial charge is 0.481 e. The van der Waals surface area contributed by atoms with Crippen molar-refractivity contribution in [3.05, 3.63) is 0 Å². The minimum Gasteiger partial charge on any atom is -0.481 e. The van der Waals surface area contributed by atoms with Crippen LogP contribution < -0.4 is 0 Å². The fourth-order valence-electron chi connectivity index (χ4n) is 7.52. The van der Waals surface area contributed by atoms with Crippen LogP contribution in [-0.4, -0.2) is 39.9 Å². The molecule has 0 heterocycles. The Morgan fingerprint density at radius 3 is 0.980 bits per heavy atom. The fourth-order valence-corrected chi connectivity index (χ4v) is 8.77. The van der Waals surface area contributed by atoms with Gasteiger partial charge >= 0.3 is 11.9 Å². The van der Waals surface area contributed by atoms with Gasteiger partial charge in [-0.3, -0.25) is 14.1 Å². The maximum atomic E-state index is 12.7. The second-order valence-corrected chi connectivity index (χ2v) is 16.8. The lowest BCUT2D eigenvalue weighted by molar-refractivity contribution is -0.144. The molecule has 292 valence electrons. The van der Waals surface area contributed by atoms with Crippen molar-refractivity contribution in [1.29, 1.82) is 0 Å². The molecule has 3 N–H and O–H groups in total. The molecule has 0 aliphatic carbocycles. The van der Waals surface area contributed by atoms with Crippen LogP contribution in [0.25, 0.3) is 0 Å². The average Bonchev–Trinajstić information content (AvgIpc) is 3.04. The summed E-state index contributed by atoms with van der Waals surface area (Å²) in [7, 11) is -5.03. The lowest BCUT2D eigenvalue weighted by Gasteiger charge is -2.34. The third kappa shape index (κ3) is 25.5. The Morgan fingerprint density at radius 2 is 0.735 bits per heavy atom. The van der Waals surface area contributed by atoms with Gasteiger partial charge in [-0.25, -0.2) is 0 Å². The molecule has 2 unspecified atom stereocenters. The zero-order valence-electron chi connectivity index (χ0n) is 32.2. The van der Waals surface area contributed by atoms with Crippen LogP contribution in [0.2, 0.25) is 0 Å². The molecule has 0 saturated heterocycles. The summed E-state index contributed by atoms with van der Waals surface area (Å²) in [6, 6.07) is 0. The molecular formula is C41H80O7S. The van der Waals surface area contributed by atoms with Crippen LogP contribution in [0.15, 0.2) is 0 Å². The van der Waals surface area contributed by atoms with Gasteiger partial charge in [0.1, 0.15) is 0 Å². The lowest BCUT2D eigenvalue weighted by Crippen LogP contribution is -2.53. The van der Waals surface area contributed by atoms with Crippen molar-refractivity contribution < 1.29 is 32.8 Å². The summed E-state index contributed by atoms with van der Waals surface area (Å²) in [5.41, 5.74) is 0. The molecule has 2 atom stereocenters. The smallest absolute Gasteiger partial charge is 0.327 e. The van der Waals surface area contributed by atoms with Gasteiger partial charge in [0.2, 0.25) is 0 Å². The van der Waals surface area contributed by atoms with E-state index in [4.69, 9.17) is 0 Å². The van der Waals surface area contributed by atoms with Gasteiger partial charge < -0.3 is 10.2 Å². The number of aliphatic carboxylic acids is 2. The van der Waals surface area contributed by atoms with Crippen LogP contribution in [-0.2, 0) is 19.7 Å². The maximum Gasteiger partial charge on any atom is 0.327 e. The third-order valence-corrected chi connectivity index (χ3v) is 12.3. The van der Waals surface area contributed by atoms with E-state index in [1.54, 1.807) is 0 Å². The molecule has 0 saturated carbocycles. The van der Waals surface area contributed by atoms with E-state index in [1.807, 2.05) is 0 Å². The molecule has 0 amide bonds. The Hall–Kier alpha value is -1.15. The van der Waals surface area contributed by atoms with E-state index in [0.717, 1.165) is 44.9 Å². The Morgan fingerprint density at radius 1 is 0.469 bits per heavy atom. The standard InChI is InChI=1S/C41H80O7S/c1-3-5-7-9-11-13-15-17-19-21-23-25-27-29-31-33-35-38(37-39(42)43)41(40(44)45,49(46,47)48)36-34-32-30-28-26-24-22-20-18-16-14-12-10-8-6-4-2/h38H,3-37H2,1-2H3,(H,42,43)(H,44,45)(H,46,47,48). The molecule has 0 spiro atoms. The first-order valence-electron chi connectivity index (χ1n) is 21.1. The highest BCUT2D eigenvalue weighted by Gasteiger charge is 2.56. The van der Waals surface area contributed by atoms with E-state index in [0.29, 0.717) is 19.3 Å². The SMILES string of the molecule is CCCCCCCCCCCCCCCCCCC(CC(=O)O)C(CCCCCCCCCCCCCCCCCC)(C(=O)O)S(=O)(=O)O. The number of carboxylic acid groups (broad SMARTS) is 2. The Kier molecular flexibility index (Phi) is 32.0. The van der Waals surface area contributed by atoms with Gasteiger partial charge in [-0.15, -0.1) is 0 Å². The molecule has 0 fully saturated rings. The van der Waals surface area contributed by atoms with Crippen LogP contribution in [0.4, 0.5) is 0 Å². The first kappa shape index (κ1) is 47.8. The van der Waals surface area contributed by atoms with Gasteiger partial charge in [-0.2, -0.15) is 8.42 Å². The first-order chi connectivity index (χ1) is 23.6. The molecule has 49 heavy (non-hydrogen) atoms. The van der Waals surface area contributed by atoms with Gasteiger partial charge in [0.05, 0.1) is 6.42 Å². The second-order valence-electron chi connectivity index (χ2n) is 15.1. The number of hydrogen-bond donors (Lipinski definition) is 3. The molecule has 0 aromatic heterocycles. The van der Waals surface area contributed by atoms with Gasteiger partial charge in [-0.05, 0) is 12.8 Å². The molecule has 8 heteroatoms. The highest BCUT2D eigenvalue weighted by Crippen LogP contribution is 2.38. The van der Waals surface area contributed by atoms with Crippen LogP contribution >= 0.6 is 0 Å². The highest BCUT2D eigenvalue weighted by atomic mass is 32.2.